The number of aryl methyl sites for hydroxylation is 2. The maximum Gasteiger partial charge on any atom is 0.258 e. The molecule has 2 aromatic rings. The van der Waals surface area contributed by atoms with Crippen molar-refractivity contribution in [2.75, 3.05) is 13.6 Å². The highest BCUT2D eigenvalue weighted by Crippen LogP contribution is 2.17. The summed E-state index contributed by atoms with van der Waals surface area (Å²) in [6.45, 7) is 3.63. The summed E-state index contributed by atoms with van der Waals surface area (Å²) >= 11 is 0. The van der Waals surface area contributed by atoms with E-state index in [2.05, 4.69) is 5.48 Å². The van der Waals surface area contributed by atoms with Gasteiger partial charge in [-0.1, -0.05) is 36.4 Å². The van der Waals surface area contributed by atoms with Crippen LogP contribution in [0.1, 0.15) is 16.7 Å². The second-order valence-corrected chi connectivity index (χ2v) is 7.85. The van der Waals surface area contributed by atoms with Crippen LogP contribution in [0.25, 0.3) is 0 Å². The second kappa shape index (κ2) is 8.24. The molecule has 0 aliphatic carbocycles. The van der Waals surface area contributed by atoms with Gasteiger partial charge in [0.15, 0.2) is 0 Å². The molecule has 0 saturated carbocycles. The van der Waals surface area contributed by atoms with Crippen LogP contribution in [0.3, 0.4) is 0 Å². The molecule has 0 aromatic heterocycles. The lowest BCUT2D eigenvalue weighted by Crippen LogP contribution is -2.38. The number of hydrogen-bond donors (Lipinski definition) is 1. The first-order valence-electron chi connectivity index (χ1n) is 7.79. The number of hydrogen-bond acceptors (Lipinski definition) is 4. The Hall–Kier alpha value is -2.22. The fourth-order valence-electron chi connectivity index (χ4n) is 2.15. The molecule has 2 rings (SSSR count). The molecule has 0 radical (unpaired) electrons. The number of likely N-dealkylation sites (N-methyl/N-ethyl adjacent to an activating group) is 1. The lowest BCUT2D eigenvalue weighted by molar-refractivity contribution is -0.134. The van der Waals surface area contributed by atoms with Crippen molar-refractivity contribution in [1.82, 2.24) is 9.79 Å². The molecule has 2 aromatic carbocycles. The first-order chi connectivity index (χ1) is 11.8. The molecule has 134 valence electrons. The summed E-state index contributed by atoms with van der Waals surface area (Å²) in [5, 5.41) is 0. The van der Waals surface area contributed by atoms with Gasteiger partial charge >= 0.3 is 0 Å². The molecule has 0 saturated heterocycles. The Morgan fingerprint density at radius 2 is 1.76 bits per heavy atom. The van der Waals surface area contributed by atoms with Gasteiger partial charge in [0.2, 0.25) is 10.0 Å². The van der Waals surface area contributed by atoms with Crippen molar-refractivity contribution in [2.24, 2.45) is 0 Å². The summed E-state index contributed by atoms with van der Waals surface area (Å²) in [4.78, 5) is 17.2. The van der Waals surface area contributed by atoms with Gasteiger partial charge in [-0.3, -0.25) is 9.63 Å². The number of amides is 1. The number of nitrogens with zero attached hydrogens (tertiary/aromatic N) is 1. The van der Waals surface area contributed by atoms with Crippen molar-refractivity contribution >= 4 is 15.9 Å². The molecule has 7 heteroatoms. The second-order valence-electron chi connectivity index (χ2n) is 5.81. The van der Waals surface area contributed by atoms with Crippen LogP contribution < -0.4 is 5.48 Å². The minimum absolute atomic E-state index is 0.163. The van der Waals surface area contributed by atoms with Gasteiger partial charge in [0, 0.05) is 7.05 Å². The van der Waals surface area contributed by atoms with E-state index in [1.54, 1.807) is 12.1 Å². The number of hydroxylamine groups is 1. The summed E-state index contributed by atoms with van der Waals surface area (Å²) in [5.41, 5.74) is 5.05. The first kappa shape index (κ1) is 19.1. The Morgan fingerprint density at radius 1 is 1.08 bits per heavy atom. The quantitative estimate of drug-likeness (QED) is 0.766. The number of rotatable bonds is 7. The van der Waals surface area contributed by atoms with Crippen molar-refractivity contribution in [3.05, 3.63) is 65.2 Å². The van der Waals surface area contributed by atoms with Gasteiger partial charge in [-0.25, -0.2) is 13.9 Å². The van der Waals surface area contributed by atoms with E-state index in [-0.39, 0.29) is 18.0 Å². The lowest BCUT2D eigenvalue weighted by atomic mass is 10.1. The van der Waals surface area contributed by atoms with E-state index in [9.17, 15) is 13.2 Å². The van der Waals surface area contributed by atoms with Crippen LogP contribution in [0.2, 0.25) is 0 Å². The molecule has 0 bridgehead atoms. The average Bonchev–Trinajstić information content (AvgIpc) is 2.58. The Labute approximate surface area is 148 Å². The zero-order valence-corrected chi connectivity index (χ0v) is 15.3. The van der Waals surface area contributed by atoms with Gasteiger partial charge < -0.3 is 0 Å². The monoisotopic (exact) mass is 362 g/mol. The zero-order valence-electron chi connectivity index (χ0n) is 14.5. The predicted octanol–water partition coefficient (Wildman–Crippen LogP) is 2.17. The van der Waals surface area contributed by atoms with Crippen LogP contribution in [0.5, 0.6) is 0 Å². The molecule has 0 aliphatic rings. The van der Waals surface area contributed by atoms with Crippen LogP contribution >= 0.6 is 0 Å². The largest absolute Gasteiger partial charge is 0.271 e. The third kappa shape index (κ3) is 5.12. The Morgan fingerprint density at radius 3 is 2.40 bits per heavy atom. The maximum absolute atomic E-state index is 12.5. The molecule has 1 N–H and O–H groups in total. The summed E-state index contributed by atoms with van der Waals surface area (Å²) in [6, 6.07) is 14.2. The molecule has 0 fully saturated rings. The van der Waals surface area contributed by atoms with E-state index in [1.165, 1.54) is 13.1 Å². The highest BCUT2D eigenvalue weighted by molar-refractivity contribution is 7.89. The molecule has 6 nitrogen and oxygen atoms in total. The van der Waals surface area contributed by atoms with Crippen LogP contribution in [-0.4, -0.2) is 32.2 Å². The van der Waals surface area contributed by atoms with Gasteiger partial charge in [0.1, 0.15) is 0 Å². The van der Waals surface area contributed by atoms with E-state index in [1.807, 2.05) is 44.2 Å². The fraction of sp³-hybridized carbons (Fsp3) is 0.278. The minimum Gasteiger partial charge on any atom is -0.271 e. The van der Waals surface area contributed by atoms with E-state index in [0.29, 0.717) is 0 Å². The van der Waals surface area contributed by atoms with Crippen LogP contribution in [0.4, 0.5) is 0 Å². The third-order valence-electron chi connectivity index (χ3n) is 3.82. The van der Waals surface area contributed by atoms with Crippen LogP contribution in [0, 0.1) is 13.8 Å². The zero-order chi connectivity index (χ0) is 18.4. The average molecular weight is 362 g/mol. The lowest BCUT2D eigenvalue weighted by Gasteiger charge is -2.17. The van der Waals surface area contributed by atoms with Crippen molar-refractivity contribution in [3.63, 3.8) is 0 Å². The van der Waals surface area contributed by atoms with Gasteiger partial charge in [-0.05, 0) is 42.7 Å². The Kier molecular flexibility index (Phi) is 6.30. The standard InChI is InChI=1S/C18H22N2O4S/c1-14-9-10-17(11-15(14)2)25(22,23)20(3)12-18(21)19-24-13-16-7-5-4-6-8-16/h4-11H,12-13H2,1-3H3,(H,19,21). The molecule has 0 unspecified atom stereocenters. The normalized spacial score (nSPS) is 11.5. The van der Waals surface area contributed by atoms with Crippen molar-refractivity contribution in [3.8, 4) is 0 Å². The van der Waals surface area contributed by atoms with E-state index < -0.39 is 15.9 Å². The topological polar surface area (TPSA) is 75.7 Å². The highest BCUT2D eigenvalue weighted by Gasteiger charge is 2.23. The summed E-state index contributed by atoms with van der Waals surface area (Å²) in [5.74, 6) is -0.536. The van der Waals surface area contributed by atoms with Gasteiger partial charge in [0.25, 0.3) is 5.91 Å². The Balaban J connectivity index is 1.92. The Bertz CT molecular complexity index is 835. The van der Waals surface area contributed by atoms with E-state index >= 15 is 0 Å². The molecule has 0 atom stereocenters. The molecule has 0 heterocycles. The number of carbonyl (C=O) groups excluding carboxylic acids is 1. The van der Waals surface area contributed by atoms with Crippen molar-refractivity contribution in [2.45, 2.75) is 25.3 Å². The molecular weight excluding hydrogens is 340 g/mol. The summed E-state index contributed by atoms with van der Waals surface area (Å²) in [7, 11) is -2.37. The maximum atomic E-state index is 12.5. The minimum atomic E-state index is -3.73. The van der Waals surface area contributed by atoms with Crippen molar-refractivity contribution < 1.29 is 18.0 Å². The van der Waals surface area contributed by atoms with E-state index in [0.717, 1.165) is 21.0 Å². The van der Waals surface area contributed by atoms with Crippen LogP contribution in [-0.2, 0) is 26.3 Å². The fourth-order valence-corrected chi connectivity index (χ4v) is 3.36. The number of nitrogens with one attached hydrogen (secondary N) is 1. The highest BCUT2D eigenvalue weighted by atomic mass is 32.2. The predicted molar refractivity (Wildman–Crippen MR) is 95.1 cm³/mol. The first-order valence-corrected chi connectivity index (χ1v) is 9.23. The number of carbonyl (C=O) groups is 1. The molecule has 1 amide bonds. The van der Waals surface area contributed by atoms with Gasteiger partial charge in [0.05, 0.1) is 18.0 Å². The molecular formula is C18H22N2O4S. The SMILES string of the molecule is Cc1ccc(S(=O)(=O)N(C)CC(=O)NOCc2ccccc2)cc1C. The van der Waals surface area contributed by atoms with E-state index in [4.69, 9.17) is 4.84 Å². The summed E-state index contributed by atoms with van der Waals surface area (Å²) in [6.07, 6.45) is 0. The molecule has 25 heavy (non-hydrogen) atoms. The van der Waals surface area contributed by atoms with Crippen molar-refractivity contribution in [1.29, 1.82) is 0 Å². The number of sulfonamides is 1. The third-order valence-corrected chi connectivity index (χ3v) is 5.62. The number of benzene rings is 2. The molecule has 0 spiro atoms. The van der Waals surface area contributed by atoms with Gasteiger partial charge in [-0.2, -0.15) is 4.31 Å². The molecule has 0 aliphatic heterocycles. The summed E-state index contributed by atoms with van der Waals surface area (Å²) < 4.78 is 26.1. The smallest absolute Gasteiger partial charge is 0.258 e. The van der Waals surface area contributed by atoms with Gasteiger partial charge in [-0.15, -0.1) is 0 Å². The van der Waals surface area contributed by atoms with Crippen LogP contribution in [0.15, 0.2) is 53.4 Å².